The summed E-state index contributed by atoms with van der Waals surface area (Å²) in [5.41, 5.74) is 8.52. The highest BCUT2D eigenvalue weighted by Crippen LogP contribution is 2.48. The van der Waals surface area contributed by atoms with Gasteiger partial charge in [0.1, 0.15) is 5.75 Å². The Bertz CT molecular complexity index is 576. The Morgan fingerprint density at radius 3 is 2.61 bits per heavy atom. The lowest BCUT2D eigenvalue weighted by Crippen LogP contribution is -2.45. The van der Waals surface area contributed by atoms with E-state index in [-0.39, 0.29) is 30.3 Å². The molecule has 5 heteroatoms. The number of nitrogens with two attached hydrogens (primary N) is 1. The molecule has 4 nitrogen and oxygen atoms in total. The maximum Gasteiger partial charge on any atom is 0.227 e. The van der Waals surface area contributed by atoms with Gasteiger partial charge >= 0.3 is 0 Å². The van der Waals surface area contributed by atoms with Crippen LogP contribution in [0.5, 0.6) is 5.75 Å². The molecule has 2 saturated carbocycles. The molecule has 0 aliphatic heterocycles. The summed E-state index contributed by atoms with van der Waals surface area (Å²) in [7, 11) is 3.56. The number of carbonyl (C=O) groups excluding carboxylic acids is 1. The predicted octanol–water partition coefficient (Wildman–Crippen LogP) is 2.76. The summed E-state index contributed by atoms with van der Waals surface area (Å²) in [4.78, 5) is 14.6. The van der Waals surface area contributed by atoms with E-state index in [0.717, 1.165) is 23.3 Å². The van der Waals surface area contributed by atoms with Crippen LogP contribution in [0.25, 0.3) is 0 Å². The molecule has 0 heterocycles. The molecule has 0 spiro atoms. The van der Waals surface area contributed by atoms with Crippen molar-refractivity contribution in [2.24, 2.45) is 23.5 Å². The number of nitrogens with zero attached hydrogens (tertiary/aromatic N) is 1. The Labute approximate surface area is 144 Å². The zero-order valence-electron chi connectivity index (χ0n) is 14.1. The van der Waals surface area contributed by atoms with Crippen LogP contribution in [0.4, 0.5) is 0 Å². The standard InChI is InChI=1S/C18H26N2O2.ClH/c1-11-8-12(4-7-15(11)22-3)10-20(2)18(21)16-13-5-6-14(9-13)17(16)19;/h4,7-8,13-14,16-17H,5-6,9-10,19H2,1-3H3;1H. The second-order valence-electron chi connectivity index (χ2n) is 6.93. The molecule has 0 saturated heterocycles. The summed E-state index contributed by atoms with van der Waals surface area (Å²) in [5, 5.41) is 0. The average molecular weight is 339 g/mol. The highest BCUT2D eigenvalue weighted by molar-refractivity contribution is 5.85. The summed E-state index contributed by atoms with van der Waals surface area (Å²) in [5.74, 6) is 2.20. The van der Waals surface area contributed by atoms with Crippen molar-refractivity contribution in [1.82, 2.24) is 4.90 Å². The van der Waals surface area contributed by atoms with E-state index in [1.54, 1.807) is 7.11 Å². The quantitative estimate of drug-likeness (QED) is 0.918. The van der Waals surface area contributed by atoms with Crippen molar-refractivity contribution in [1.29, 1.82) is 0 Å². The first kappa shape index (κ1) is 18.1. The van der Waals surface area contributed by atoms with Gasteiger partial charge < -0.3 is 15.4 Å². The van der Waals surface area contributed by atoms with Gasteiger partial charge in [-0.25, -0.2) is 0 Å². The van der Waals surface area contributed by atoms with Gasteiger partial charge in [-0.05, 0) is 55.2 Å². The lowest BCUT2D eigenvalue weighted by Gasteiger charge is -2.31. The molecule has 0 radical (unpaired) electrons. The Morgan fingerprint density at radius 2 is 2.04 bits per heavy atom. The third-order valence-electron chi connectivity index (χ3n) is 5.52. The van der Waals surface area contributed by atoms with Crippen molar-refractivity contribution in [3.8, 4) is 5.75 Å². The maximum absolute atomic E-state index is 12.8. The van der Waals surface area contributed by atoms with E-state index in [0.29, 0.717) is 18.4 Å². The summed E-state index contributed by atoms with van der Waals surface area (Å²) in [6.07, 6.45) is 3.52. The second-order valence-corrected chi connectivity index (χ2v) is 6.93. The average Bonchev–Trinajstić information content (AvgIpc) is 3.07. The Balaban J connectivity index is 0.00000192. The lowest BCUT2D eigenvalue weighted by molar-refractivity contribution is -0.137. The van der Waals surface area contributed by atoms with Gasteiger partial charge in [-0.15, -0.1) is 12.4 Å². The van der Waals surface area contributed by atoms with E-state index >= 15 is 0 Å². The van der Waals surface area contributed by atoms with Gasteiger partial charge in [-0.2, -0.15) is 0 Å². The molecule has 2 fully saturated rings. The minimum Gasteiger partial charge on any atom is -0.496 e. The van der Waals surface area contributed by atoms with Crippen LogP contribution in [0.3, 0.4) is 0 Å². The van der Waals surface area contributed by atoms with Gasteiger partial charge in [0.25, 0.3) is 0 Å². The number of fused-ring (bicyclic) bond motifs is 2. The Kier molecular flexibility index (Phi) is 5.58. The van der Waals surface area contributed by atoms with Gasteiger partial charge in [0.05, 0.1) is 13.0 Å². The van der Waals surface area contributed by atoms with Crippen LogP contribution in [0.15, 0.2) is 18.2 Å². The van der Waals surface area contributed by atoms with Crippen molar-refractivity contribution in [2.45, 2.75) is 38.8 Å². The molecule has 3 rings (SSSR count). The SMILES string of the molecule is COc1ccc(CN(C)C(=O)C2C3CCC(C3)C2N)cc1C.Cl. The van der Waals surface area contributed by atoms with Crippen molar-refractivity contribution in [3.63, 3.8) is 0 Å². The molecule has 128 valence electrons. The number of ether oxygens (including phenoxy) is 1. The van der Waals surface area contributed by atoms with Gasteiger partial charge in [-0.3, -0.25) is 4.79 Å². The lowest BCUT2D eigenvalue weighted by atomic mass is 9.84. The van der Waals surface area contributed by atoms with Crippen LogP contribution in [-0.2, 0) is 11.3 Å². The number of hydrogen-bond acceptors (Lipinski definition) is 3. The van der Waals surface area contributed by atoms with Gasteiger partial charge in [0, 0.05) is 19.6 Å². The summed E-state index contributed by atoms with van der Waals surface area (Å²) >= 11 is 0. The van der Waals surface area contributed by atoms with Crippen molar-refractivity contribution in [2.75, 3.05) is 14.2 Å². The molecule has 4 atom stereocenters. The monoisotopic (exact) mass is 338 g/mol. The van der Waals surface area contributed by atoms with Gasteiger partial charge in [-0.1, -0.05) is 12.1 Å². The summed E-state index contributed by atoms with van der Waals surface area (Å²) in [6.45, 7) is 2.65. The normalized spacial score (nSPS) is 28.3. The number of hydrogen-bond donors (Lipinski definition) is 1. The van der Waals surface area contributed by atoms with Gasteiger partial charge in [0.2, 0.25) is 5.91 Å². The second kappa shape index (κ2) is 7.10. The van der Waals surface area contributed by atoms with Crippen LogP contribution in [0.2, 0.25) is 0 Å². The van der Waals surface area contributed by atoms with Crippen LogP contribution in [-0.4, -0.2) is 31.0 Å². The van der Waals surface area contributed by atoms with E-state index in [2.05, 4.69) is 6.07 Å². The molecule has 2 bridgehead atoms. The van der Waals surface area contributed by atoms with E-state index in [4.69, 9.17) is 10.5 Å². The number of methoxy groups -OCH3 is 1. The number of benzene rings is 1. The molecule has 2 aliphatic carbocycles. The molecular formula is C18H27ClN2O2. The molecular weight excluding hydrogens is 312 g/mol. The minimum absolute atomic E-state index is 0. The van der Waals surface area contributed by atoms with Crippen LogP contribution < -0.4 is 10.5 Å². The first-order chi connectivity index (χ1) is 10.5. The van der Waals surface area contributed by atoms with Crippen molar-refractivity contribution >= 4 is 18.3 Å². The largest absolute Gasteiger partial charge is 0.496 e. The summed E-state index contributed by atoms with van der Waals surface area (Å²) in [6, 6.07) is 6.14. The molecule has 2 aliphatic rings. The van der Waals surface area contributed by atoms with Crippen molar-refractivity contribution in [3.05, 3.63) is 29.3 Å². The van der Waals surface area contributed by atoms with E-state index in [1.807, 2.05) is 31.0 Å². The fourth-order valence-electron chi connectivity index (χ4n) is 4.35. The molecule has 1 amide bonds. The molecule has 2 N–H and O–H groups in total. The van der Waals surface area contributed by atoms with E-state index in [9.17, 15) is 4.79 Å². The third kappa shape index (κ3) is 3.33. The summed E-state index contributed by atoms with van der Waals surface area (Å²) < 4.78 is 5.28. The Morgan fingerprint density at radius 1 is 1.35 bits per heavy atom. The third-order valence-corrected chi connectivity index (χ3v) is 5.52. The smallest absolute Gasteiger partial charge is 0.227 e. The van der Waals surface area contributed by atoms with Crippen LogP contribution in [0, 0.1) is 24.7 Å². The van der Waals surface area contributed by atoms with Gasteiger partial charge in [0.15, 0.2) is 0 Å². The maximum atomic E-state index is 12.8. The number of amides is 1. The minimum atomic E-state index is 0. The molecule has 1 aromatic rings. The predicted molar refractivity (Wildman–Crippen MR) is 93.7 cm³/mol. The molecule has 4 unspecified atom stereocenters. The molecule has 23 heavy (non-hydrogen) atoms. The number of halogens is 1. The first-order valence-electron chi connectivity index (χ1n) is 8.15. The molecule has 1 aromatic carbocycles. The van der Waals surface area contributed by atoms with Crippen LogP contribution >= 0.6 is 12.4 Å². The van der Waals surface area contributed by atoms with Crippen molar-refractivity contribution < 1.29 is 9.53 Å². The zero-order valence-corrected chi connectivity index (χ0v) is 14.9. The fraction of sp³-hybridized carbons (Fsp3) is 0.611. The first-order valence-corrected chi connectivity index (χ1v) is 8.15. The van der Waals surface area contributed by atoms with Crippen LogP contribution in [0.1, 0.15) is 30.4 Å². The highest BCUT2D eigenvalue weighted by atomic mass is 35.5. The number of carbonyl (C=O) groups is 1. The fourth-order valence-corrected chi connectivity index (χ4v) is 4.35. The Hall–Kier alpha value is -1.26. The van der Waals surface area contributed by atoms with E-state index < -0.39 is 0 Å². The highest BCUT2D eigenvalue weighted by Gasteiger charge is 2.49. The topological polar surface area (TPSA) is 55.6 Å². The number of aryl methyl sites for hydroxylation is 1. The zero-order chi connectivity index (χ0) is 15.9. The molecule has 0 aromatic heterocycles. The number of rotatable bonds is 4. The van der Waals surface area contributed by atoms with E-state index in [1.165, 1.54) is 12.8 Å².